The van der Waals surface area contributed by atoms with E-state index in [0.29, 0.717) is 25.7 Å². The summed E-state index contributed by atoms with van der Waals surface area (Å²) >= 11 is 1.51. The van der Waals surface area contributed by atoms with Gasteiger partial charge in [0.2, 0.25) is 0 Å². The zero-order chi connectivity index (χ0) is 27.5. The van der Waals surface area contributed by atoms with Crippen molar-refractivity contribution in [2.75, 3.05) is 0 Å². The lowest BCUT2D eigenvalue weighted by Gasteiger charge is -2.34. The fraction of sp³-hybridized carbons (Fsp3) is 0.704. The van der Waals surface area contributed by atoms with E-state index in [-0.39, 0.29) is 24.2 Å². The van der Waals surface area contributed by atoms with Crippen molar-refractivity contribution in [2.45, 2.75) is 104 Å². The number of aromatic nitrogens is 1. The number of aryl methyl sites for hydroxylation is 1. The highest BCUT2D eigenvalue weighted by Gasteiger charge is 2.43. The average molecular weight is 537 g/mol. The topological polar surface area (TPSA) is 135 Å². The van der Waals surface area contributed by atoms with Crippen molar-refractivity contribution < 1.29 is 34.1 Å². The molecule has 3 rings (SSSR count). The van der Waals surface area contributed by atoms with Gasteiger partial charge >= 0.3 is 12.1 Å². The number of ketones is 1. The predicted molar refractivity (Wildman–Crippen MR) is 140 cm³/mol. The van der Waals surface area contributed by atoms with Crippen LogP contribution in [0.2, 0.25) is 0 Å². The molecule has 0 saturated carbocycles. The number of ether oxygens (including phenoxy) is 2. The van der Waals surface area contributed by atoms with Gasteiger partial charge in [-0.3, -0.25) is 9.59 Å². The molecule has 2 aliphatic heterocycles. The van der Waals surface area contributed by atoms with Crippen LogP contribution in [-0.2, 0) is 19.1 Å². The molecule has 1 aromatic heterocycles. The molecular weight excluding hydrogens is 496 g/mol. The van der Waals surface area contributed by atoms with Crippen LogP contribution in [-0.4, -0.2) is 63.5 Å². The van der Waals surface area contributed by atoms with E-state index in [9.17, 15) is 24.6 Å². The van der Waals surface area contributed by atoms with Crippen LogP contribution in [0.4, 0.5) is 4.79 Å². The van der Waals surface area contributed by atoms with Gasteiger partial charge < -0.3 is 25.0 Å². The number of thiazole rings is 1. The van der Waals surface area contributed by atoms with Crippen molar-refractivity contribution in [3.05, 3.63) is 21.7 Å². The Hall–Kier alpha value is -2.30. The van der Waals surface area contributed by atoms with Crippen LogP contribution in [0.25, 0.3) is 6.08 Å². The van der Waals surface area contributed by atoms with E-state index in [1.807, 2.05) is 32.2 Å². The molecule has 2 saturated heterocycles. The molecule has 3 heterocycles. The summed E-state index contributed by atoms with van der Waals surface area (Å²) < 4.78 is 11.4. The third kappa shape index (κ3) is 7.18. The minimum Gasteiger partial charge on any atom is -0.458 e. The van der Waals surface area contributed by atoms with Crippen molar-refractivity contribution in [3.8, 4) is 0 Å². The van der Waals surface area contributed by atoms with Gasteiger partial charge in [-0.25, -0.2) is 9.78 Å². The normalized spacial score (nSPS) is 34.3. The van der Waals surface area contributed by atoms with Gasteiger partial charge in [0.1, 0.15) is 18.0 Å². The van der Waals surface area contributed by atoms with E-state index < -0.39 is 47.8 Å². The van der Waals surface area contributed by atoms with Crippen molar-refractivity contribution in [3.63, 3.8) is 0 Å². The maximum Gasteiger partial charge on any atom is 0.407 e. The zero-order valence-electron chi connectivity index (χ0n) is 22.5. The molecule has 206 valence electrons. The number of Topliss-reactive ketones (excluding diaryl/α,β-unsaturated/α-hetero) is 1. The SMILES string of the molecule is C/C(=C\c1csc(C)n1)[C@@H]1C[C@@H]2NC(=O)OC2CCCC(C)[C@H](O)C(C)C(=O)C(C)(C)C(O)CC(=O)O1. The summed E-state index contributed by atoms with van der Waals surface area (Å²) in [4.78, 5) is 42.8. The number of aliphatic hydroxyl groups is 2. The van der Waals surface area contributed by atoms with Gasteiger partial charge in [-0.15, -0.1) is 11.3 Å². The van der Waals surface area contributed by atoms with Gasteiger partial charge in [-0.05, 0) is 50.7 Å². The summed E-state index contributed by atoms with van der Waals surface area (Å²) in [5, 5.41) is 27.4. The summed E-state index contributed by atoms with van der Waals surface area (Å²) in [6, 6.07) is -0.374. The monoisotopic (exact) mass is 536 g/mol. The van der Waals surface area contributed by atoms with Crippen LogP contribution in [0.3, 0.4) is 0 Å². The highest BCUT2D eigenvalue weighted by Crippen LogP contribution is 2.33. The largest absolute Gasteiger partial charge is 0.458 e. The Morgan fingerprint density at radius 2 is 1.89 bits per heavy atom. The lowest BCUT2D eigenvalue weighted by atomic mass is 9.73. The number of amides is 1. The smallest absolute Gasteiger partial charge is 0.407 e. The van der Waals surface area contributed by atoms with Gasteiger partial charge in [-0.1, -0.05) is 27.7 Å². The van der Waals surface area contributed by atoms with E-state index in [0.717, 1.165) is 16.3 Å². The van der Waals surface area contributed by atoms with Gasteiger partial charge in [0.05, 0.1) is 40.8 Å². The summed E-state index contributed by atoms with van der Waals surface area (Å²) in [5.41, 5.74) is 0.238. The first kappa shape index (κ1) is 29.3. The Labute approximate surface area is 222 Å². The minimum atomic E-state index is -1.29. The summed E-state index contributed by atoms with van der Waals surface area (Å²) in [6.07, 6.45) is -0.158. The number of rotatable bonds is 2. The van der Waals surface area contributed by atoms with Gasteiger partial charge in [0, 0.05) is 17.7 Å². The van der Waals surface area contributed by atoms with Gasteiger partial charge in [-0.2, -0.15) is 0 Å². The van der Waals surface area contributed by atoms with E-state index in [1.165, 1.54) is 11.3 Å². The second-order valence-electron chi connectivity index (χ2n) is 11.1. The second kappa shape index (κ2) is 12.0. The van der Waals surface area contributed by atoms with E-state index in [2.05, 4.69) is 10.3 Å². The molecule has 3 N–H and O–H groups in total. The molecule has 0 aliphatic carbocycles. The van der Waals surface area contributed by atoms with Crippen molar-refractivity contribution >= 4 is 35.3 Å². The van der Waals surface area contributed by atoms with Crippen molar-refractivity contribution in [1.82, 2.24) is 10.3 Å². The first-order valence-electron chi connectivity index (χ1n) is 13.0. The molecular formula is C27H40N2O7S. The molecule has 0 spiro atoms. The molecule has 0 bridgehead atoms. The number of nitrogens with one attached hydrogen (secondary N) is 1. The molecule has 0 radical (unpaired) electrons. The Kier molecular flexibility index (Phi) is 9.52. The highest BCUT2D eigenvalue weighted by atomic mass is 32.1. The maximum atomic E-state index is 13.2. The zero-order valence-corrected chi connectivity index (χ0v) is 23.3. The molecule has 0 aromatic carbocycles. The molecule has 10 heteroatoms. The number of cyclic esters (lactones) is 1. The second-order valence-corrected chi connectivity index (χ2v) is 12.1. The van der Waals surface area contributed by atoms with Crippen molar-refractivity contribution in [2.24, 2.45) is 17.3 Å². The average Bonchev–Trinajstić information content (AvgIpc) is 3.40. The summed E-state index contributed by atoms with van der Waals surface area (Å²) in [7, 11) is 0. The number of carbonyl (C=O) groups is 3. The first-order chi connectivity index (χ1) is 17.3. The number of carbonyl (C=O) groups excluding carboxylic acids is 3. The molecule has 2 fully saturated rings. The van der Waals surface area contributed by atoms with Crippen LogP contribution in [0, 0.1) is 24.2 Å². The fourth-order valence-electron chi connectivity index (χ4n) is 5.13. The van der Waals surface area contributed by atoms with E-state index in [1.54, 1.807) is 20.8 Å². The quantitative estimate of drug-likeness (QED) is 0.486. The van der Waals surface area contributed by atoms with E-state index >= 15 is 0 Å². The van der Waals surface area contributed by atoms with Crippen LogP contribution in [0.15, 0.2) is 11.0 Å². The standard InChI is InChI=1S/C27H40N2O7S/c1-14-8-7-9-20-19(29-26(34)36-20)11-21(15(2)10-18-13-37-17(4)28-18)35-23(31)12-22(30)27(5,6)25(33)16(3)24(14)32/h10,13-14,16,19-22,24,30,32H,7-9,11-12H2,1-6H3,(H,29,34)/b15-10+/t14?,16?,19-,20?,21-,22?,24-/m0/s1. The number of hydrogen-bond donors (Lipinski definition) is 3. The number of nitrogens with zero attached hydrogens (tertiary/aromatic N) is 1. The predicted octanol–water partition coefficient (Wildman–Crippen LogP) is 3.80. The summed E-state index contributed by atoms with van der Waals surface area (Å²) in [5.74, 6) is -1.86. The van der Waals surface area contributed by atoms with E-state index in [4.69, 9.17) is 9.47 Å². The molecule has 37 heavy (non-hydrogen) atoms. The van der Waals surface area contributed by atoms with Crippen LogP contribution >= 0.6 is 11.3 Å². The Balaban J connectivity index is 1.91. The highest BCUT2D eigenvalue weighted by molar-refractivity contribution is 7.09. The number of aliphatic hydroxyl groups excluding tert-OH is 2. The maximum absolute atomic E-state index is 13.2. The van der Waals surface area contributed by atoms with Crippen LogP contribution in [0.5, 0.6) is 0 Å². The number of hydrogen-bond acceptors (Lipinski definition) is 9. The third-order valence-corrected chi connectivity index (χ3v) is 8.55. The Morgan fingerprint density at radius 3 is 2.54 bits per heavy atom. The Bertz CT molecular complexity index is 1020. The number of fused-ring (bicyclic) bond motifs is 1. The number of alkyl carbamates (subject to hydrolysis) is 1. The van der Waals surface area contributed by atoms with Gasteiger partial charge in [0.25, 0.3) is 0 Å². The molecule has 4 unspecified atom stereocenters. The Morgan fingerprint density at radius 1 is 1.19 bits per heavy atom. The molecule has 7 atom stereocenters. The fourth-order valence-corrected chi connectivity index (χ4v) is 5.70. The minimum absolute atomic E-state index is 0.173. The van der Waals surface area contributed by atoms with Gasteiger partial charge in [0.15, 0.2) is 0 Å². The molecule has 2 aliphatic rings. The molecule has 1 aromatic rings. The molecule has 1 amide bonds. The van der Waals surface area contributed by atoms with Crippen molar-refractivity contribution in [1.29, 1.82) is 0 Å². The van der Waals surface area contributed by atoms with Crippen LogP contribution in [0.1, 0.15) is 77.4 Å². The molecule has 9 nitrogen and oxygen atoms in total. The van der Waals surface area contributed by atoms with Crippen LogP contribution < -0.4 is 5.32 Å². The lowest BCUT2D eigenvalue weighted by molar-refractivity contribution is -0.154. The number of esters is 1. The first-order valence-corrected chi connectivity index (χ1v) is 13.8. The third-order valence-electron chi connectivity index (χ3n) is 7.76. The lowest BCUT2D eigenvalue weighted by Crippen LogP contribution is -2.46. The summed E-state index contributed by atoms with van der Waals surface area (Å²) in [6.45, 7) is 10.5.